The summed E-state index contributed by atoms with van der Waals surface area (Å²) in [6.45, 7) is 4.94. The van der Waals surface area contributed by atoms with Crippen LogP contribution in [0, 0.1) is 5.92 Å². The summed E-state index contributed by atoms with van der Waals surface area (Å²) in [5.41, 5.74) is 2.19. The standard InChI is InChI=1S/C27H34N4O5/c1-19(2)18-36-26(34)16-23-27(35)28-13-14-31(23)17-25(33)30-22-10-6-9-21(15-22)29-24(32)12-11-20-7-4-3-5-8-20/h3-10,15,19,23H,11-14,16-18H2,1-2H3,(H,28,35)(H,29,32)(H,30,33). The summed E-state index contributed by atoms with van der Waals surface area (Å²) in [5.74, 6) is -1.00. The number of anilines is 2. The molecule has 9 nitrogen and oxygen atoms in total. The smallest absolute Gasteiger partial charge is 0.307 e. The molecular weight excluding hydrogens is 460 g/mol. The molecule has 2 aromatic rings. The van der Waals surface area contributed by atoms with Crippen molar-refractivity contribution in [3.05, 3.63) is 60.2 Å². The minimum absolute atomic E-state index is 0.0524. The third-order valence-electron chi connectivity index (χ3n) is 5.64. The average molecular weight is 495 g/mol. The zero-order chi connectivity index (χ0) is 25.9. The number of rotatable bonds is 11. The van der Waals surface area contributed by atoms with Crippen LogP contribution in [-0.2, 0) is 30.3 Å². The van der Waals surface area contributed by atoms with Gasteiger partial charge in [0.1, 0.15) is 6.04 Å². The molecule has 1 fully saturated rings. The number of benzene rings is 2. The van der Waals surface area contributed by atoms with E-state index in [0.29, 0.717) is 37.3 Å². The van der Waals surface area contributed by atoms with Crippen LogP contribution < -0.4 is 16.0 Å². The Morgan fingerprint density at radius 3 is 2.42 bits per heavy atom. The fourth-order valence-corrected chi connectivity index (χ4v) is 3.84. The van der Waals surface area contributed by atoms with E-state index in [2.05, 4.69) is 16.0 Å². The number of carbonyl (C=O) groups is 4. The molecule has 1 unspecified atom stereocenters. The number of carbonyl (C=O) groups excluding carboxylic acids is 4. The summed E-state index contributed by atoms with van der Waals surface area (Å²) >= 11 is 0. The van der Waals surface area contributed by atoms with Crippen LogP contribution in [0.4, 0.5) is 11.4 Å². The normalized spacial score (nSPS) is 15.8. The van der Waals surface area contributed by atoms with Crippen molar-refractivity contribution >= 4 is 35.1 Å². The van der Waals surface area contributed by atoms with Gasteiger partial charge < -0.3 is 20.7 Å². The number of amides is 3. The number of hydrogen-bond donors (Lipinski definition) is 3. The predicted molar refractivity (Wildman–Crippen MR) is 137 cm³/mol. The Labute approximate surface area is 211 Å². The van der Waals surface area contributed by atoms with Crippen molar-refractivity contribution in [1.29, 1.82) is 0 Å². The summed E-state index contributed by atoms with van der Waals surface area (Å²) in [6, 6.07) is 15.9. The fourth-order valence-electron chi connectivity index (χ4n) is 3.84. The van der Waals surface area contributed by atoms with Crippen molar-refractivity contribution in [2.75, 3.05) is 36.9 Å². The van der Waals surface area contributed by atoms with Crippen molar-refractivity contribution < 1.29 is 23.9 Å². The molecule has 2 aromatic carbocycles. The van der Waals surface area contributed by atoms with Gasteiger partial charge in [-0.2, -0.15) is 0 Å². The van der Waals surface area contributed by atoms with Gasteiger partial charge in [-0.3, -0.25) is 24.1 Å². The van der Waals surface area contributed by atoms with E-state index in [1.54, 1.807) is 29.2 Å². The van der Waals surface area contributed by atoms with Gasteiger partial charge >= 0.3 is 5.97 Å². The molecule has 3 rings (SSSR count). The molecule has 0 aliphatic carbocycles. The van der Waals surface area contributed by atoms with Gasteiger partial charge in [-0.25, -0.2) is 0 Å². The summed E-state index contributed by atoms with van der Waals surface area (Å²) in [4.78, 5) is 51.3. The molecule has 0 spiro atoms. The van der Waals surface area contributed by atoms with Crippen LogP contribution in [0.5, 0.6) is 0 Å². The van der Waals surface area contributed by atoms with Crippen molar-refractivity contribution in [2.24, 2.45) is 5.92 Å². The molecule has 36 heavy (non-hydrogen) atoms. The second kappa shape index (κ2) is 13.4. The first-order valence-corrected chi connectivity index (χ1v) is 12.2. The lowest BCUT2D eigenvalue weighted by Crippen LogP contribution is -2.57. The largest absolute Gasteiger partial charge is 0.465 e. The molecule has 9 heteroatoms. The Morgan fingerprint density at radius 2 is 1.72 bits per heavy atom. The van der Waals surface area contributed by atoms with E-state index in [1.807, 2.05) is 44.2 Å². The minimum Gasteiger partial charge on any atom is -0.465 e. The zero-order valence-corrected chi connectivity index (χ0v) is 20.8. The van der Waals surface area contributed by atoms with Crippen LogP contribution in [0.1, 0.15) is 32.3 Å². The van der Waals surface area contributed by atoms with E-state index in [-0.39, 0.29) is 43.2 Å². The molecule has 3 N–H and O–H groups in total. The van der Waals surface area contributed by atoms with E-state index >= 15 is 0 Å². The van der Waals surface area contributed by atoms with Gasteiger partial charge in [0.2, 0.25) is 17.7 Å². The fraction of sp³-hybridized carbons (Fsp3) is 0.407. The highest BCUT2D eigenvalue weighted by Gasteiger charge is 2.33. The molecule has 0 radical (unpaired) electrons. The third-order valence-corrected chi connectivity index (χ3v) is 5.64. The van der Waals surface area contributed by atoms with Crippen molar-refractivity contribution in [1.82, 2.24) is 10.2 Å². The predicted octanol–water partition coefficient (Wildman–Crippen LogP) is 2.59. The average Bonchev–Trinajstić information content (AvgIpc) is 2.84. The van der Waals surface area contributed by atoms with Crippen LogP contribution in [0.3, 0.4) is 0 Å². The van der Waals surface area contributed by atoms with E-state index < -0.39 is 12.0 Å². The number of esters is 1. The van der Waals surface area contributed by atoms with Crippen LogP contribution in [-0.4, -0.2) is 60.9 Å². The molecule has 3 amide bonds. The van der Waals surface area contributed by atoms with E-state index in [0.717, 1.165) is 5.56 Å². The lowest BCUT2D eigenvalue weighted by Gasteiger charge is -2.33. The molecule has 1 aliphatic heterocycles. The van der Waals surface area contributed by atoms with Gasteiger partial charge in [0.05, 0.1) is 19.6 Å². The van der Waals surface area contributed by atoms with Crippen LogP contribution >= 0.6 is 0 Å². The molecule has 1 atom stereocenters. The number of hydrogen-bond acceptors (Lipinski definition) is 6. The van der Waals surface area contributed by atoms with Gasteiger partial charge in [-0.1, -0.05) is 50.2 Å². The van der Waals surface area contributed by atoms with Crippen LogP contribution in [0.25, 0.3) is 0 Å². The molecule has 0 aromatic heterocycles. The molecule has 0 bridgehead atoms. The summed E-state index contributed by atoms with van der Waals surface area (Å²) < 4.78 is 5.21. The zero-order valence-electron chi connectivity index (χ0n) is 20.8. The number of nitrogens with one attached hydrogen (secondary N) is 3. The quantitative estimate of drug-likeness (QED) is 0.414. The maximum atomic E-state index is 12.7. The minimum atomic E-state index is -0.764. The lowest BCUT2D eigenvalue weighted by molar-refractivity contribution is -0.149. The third kappa shape index (κ3) is 8.81. The monoisotopic (exact) mass is 494 g/mol. The van der Waals surface area contributed by atoms with Gasteiger partial charge in [-0.15, -0.1) is 0 Å². The first-order chi connectivity index (χ1) is 17.3. The first-order valence-electron chi connectivity index (χ1n) is 12.2. The lowest BCUT2D eigenvalue weighted by atomic mass is 10.1. The molecule has 1 saturated heterocycles. The molecular formula is C27H34N4O5. The molecule has 0 saturated carbocycles. The highest BCUT2D eigenvalue weighted by Crippen LogP contribution is 2.17. The Kier molecular flexibility index (Phi) is 10.00. The number of aryl methyl sites for hydroxylation is 1. The van der Waals surface area contributed by atoms with E-state index in [4.69, 9.17) is 4.74 Å². The summed E-state index contributed by atoms with van der Waals surface area (Å²) in [6.07, 6.45) is 0.869. The maximum Gasteiger partial charge on any atom is 0.307 e. The number of nitrogens with zero attached hydrogens (tertiary/aromatic N) is 1. The van der Waals surface area contributed by atoms with Gasteiger partial charge in [0.15, 0.2) is 0 Å². The highest BCUT2D eigenvalue weighted by molar-refractivity contribution is 5.95. The SMILES string of the molecule is CC(C)COC(=O)CC1C(=O)NCCN1CC(=O)Nc1cccc(NC(=O)CCc2ccccc2)c1. The number of ether oxygens (including phenoxy) is 1. The van der Waals surface area contributed by atoms with Crippen molar-refractivity contribution in [3.63, 3.8) is 0 Å². The first kappa shape index (κ1) is 26.9. The van der Waals surface area contributed by atoms with Crippen molar-refractivity contribution in [3.8, 4) is 0 Å². The maximum absolute atomic E-state index is 12.7. The highest BCUT2D eigenvalue weighted by atomic mass is 16.5. The van der Waals surface area contributed by atoms with Crippen LogP contribution in [0.15, 0.2) is 54.6 Å². The Bertz CT molecular complexity index is 1060. The topological polar surface area (TPSA) is 117 Å². The van der Waals surface area contributed by atoms with Crippen molar-refractivity contribution in [2.45, 2.75) is 39.2 Å². The second-order valence-corrected chi connectivity index (χ2v) is 9.22. The molecule has 1 aliphatic rings. The van der Waals surface area contributed by atoms with Gasteiger partial charge in [0.25, 0.3) is 0 Å². The molecule has 1 heterocycles. The number of piperazine rings is 1. The van der Waals surface area contributed by atoms with Gasteiger partial charge in [-0.05, 0) is 36.1 Å². The Balaban J connectivity index is 1.52. The second-order valence-electron chi connectivity index (χ2n) is 9.22. The summed E-state index contributed by atoms with van der Waals surface area (Å²) in [5, 5.41) is 8.41. The van der Waals surface area contributed by atoms with E-state index in [9.17, 15) is 19.2 Å². The molecule has 192 valence electrons. The van der Waals surface area contributed by atoms with E-state index in [1.165, 1.54) is 0 Å². The van der Waals surface area contributed by atoms with Gasteiger partial charge in [0, 0.05) is 30.9 Å². The van der Waals surface area contributed by atoms with Crippen LogP contribution in [0.2, 0.25) is 0 Å². The summed E-state index contributed by atoms with van der Waals surface area (Å²) in [7, 11) is 0. The Morgan fingerprint density at radius 1 is 1.03 bits per heavy atom. The Hall–Kier alpha value is -3.72.